The summed E-state index contributed by atoms with van der Waals surface area (Å²) in [5, 5.41) is 3.06. The van der Waals surface area contributed by atoms with Gasteiger partial charge in [0.05, 0.1) is 4.88 Å². The zero-order valence-corrected chi connectivity index (χ0v) is 13.3. The van der Waals surface area contributed by atoms with Crippen molar-refractivity contribution < 1.29 is 4.79 Å². The van der Waals surface area contributed by atoms with Gasteiger partial charge in [-0.25, -0.2) is 0 Å². The van der Waals surface area contributed by atoms with Gasteiger partial charge in [0.2, 0.25) is 0 Å². The van der Waals surface area contributed by atoms with Crippen LogP contribution in [0.1, 0.15) is 55.1 Å². The maximum Gasteiger partial charge on any atom is 0.261 e. The third kappa shape index (κ3) is 4.11. The van der Waals surface area contributed by atoms with Crippen LogP contribution in [-0.4, -0.2) is 11.4 Å². The third-order valence-corrected chi connectivity index (χ3v) is 4.96. The second-order valence-corrected chi connectivity index (χ2v) is 6.81. The number of carbonyl (C=O) groups is 1. The maximum atomic E-state index is 12.1. The second kappa shape index (κ2) is 6.01. The first-order chi connectivity index (χ1) is 7.89. The Morgan fingerprint density at radius 2 is 2.12 bits per heavy atom. The Labute approximate surface area is 116 Å². The van der Waals surface area contributed by atoms with Crippen molar-refractivity contribution in [3.05, 3.63) is 20.3 Å². The fourth-order valence-electron chi connectivity index (χ4n) is 1.37. The fraction of sp³-hybridized carbons (Fsp3) is 0.615. The summed E-state index contributed by atoms with van der Waals surface area (Å²) < 4.78 is 1.06. The van der Waals surface area contributed by atoms with Gasteiger partial charge in [0, 0.05) is 14.9 Å². The first-order valence-electron chi connectivity index (χ1n) is 6.00. The number of hydrogen-bond donors (Lipinski definition) is 1. The summed E-state index contributed by atoms with van der Waals surface area (Å²) in [6.45, 7) is 8.31. The summed E-state index contributed by atoms with van der Waals surface area (Å²) in [5.41, 5.74) is -0.140. The number of halogens is 1. The van der Waals surface area contributed by atoms with E-state index in [1.807, 2.05) is 19.9 Å². The molecule has 0 saturated carbocycles. The van der Waals surface area contributed by atoms with Crippen LogP contribution in [0.3, 0.4) is 0 Å². The lowest BCUT2D eigenvalue weighted by molar-refractivity contribution is 0.0915. The van der Waals surface area contributed by atoms with Gasteiger partial charge in [0.25, 0.3) is 5.91 Å². The van der Waals surface area contributed by atoms with Crippen molar-refractivity contribution in [1.82, 2.24) is 5.32 Å². The van der Waals surface area contributed by atoms with E-state index in [2.05, 4.69) is 35.1 Å². The van der Waals surface area contributed by atoms with E-state index >= 15 is 0 Å². The standard InChI is InChI=1S/C13H20BrNOS/c1-5-7-10-9(14)8-11(17-10)12(16)15-13(3,4)6-2/h8H,5-7H2,1-4H3,(H,15,16). The van der Waals surface area contributed by atoms with E-state index in [1.165, 1.54) is 4.88 Å². The predicted octanol–water partition coefficient (Wildman–Crippen LogP) is 4.38. The number of hydrogen-bond acceptors (Lipinski definition) is 2. The fourth-order valence-corrected chi connectivity index (χ4v) is 3.24. The first-order valence-corrected chi connectivity index (χ1v) is 7.61. The molecule has 0 bridgehead atoms. The Bertz CT molecular complexity index is 398. The predicted molar refractivity (Wildman–Crippen MR) is 77.9 cm³/mol. The van der Waals surface area contributed by atoms with Gasteiger partial charge >= 0.3 is 0 Å². The van der Waals surface area contributed by atoms with Crippen LogP contribution in [-0.2, 0) is 6.42 Å². The molecule has 96 valence electrons. The molecule has 17 heavy (non-hydrogen) atoms. The van der Waals surface area contributed by atoms with Crippen molar-refractivity contribution >= 4 is 33.2 Å². The Hall–Kier alpha value is -0.350. The van der Waals surface area contributed by atoms with E-state index in [-0.39, 0.29) is 11.4 Å². The van der Waals surface area contributed by atoms with Gasteiger partial charge in [-0.1, -0.05) is 20.3 Å². The van der Waals surface area contributed by atoms with Crippen LogP contribution < -0.4 is 5.32 Å². The lowest BCUT2D eigenvalue weighted by atomic mass is 10.0. The SMILES string of the molecule is CCCc1sc(C(=O)NC(C)(C)CC)cc1Br. The highest BCUT2D eigenvalue weighted by Crippen LogP contribution is 2.29. The molecule has 0 atom stereocenters. The van der Waals surface area contributed by atoms with E-state index in [1.54, 1.807) is 11.3 Å². The molecule has 0 aliphatic rings. The monoisotopic (exact) mass is 317 g/mol. The van der Waals surface area contributed by atoms with Crippen LogP contribution in [0.5, 0.6) is 0 Å². The Morgan fingerprint density at radius 1 is 1.47 bits per heavy atom. The van der Waals surface area contributed by atoms with E-state index in [0.717, 1.165) is 28.6 Å². The quantitative estimate of drug-likeness (QED) is 0.857. The summed E-state index contributed by atoms with van der Waals surface area (Å²) in [7, 11) is 0. The minimum atomic E-state index is -0.140. The van der Waals surface area contributed by atoms with Gasteiger partial charge < -0.3 is 5.32 Å². The molecule has 0 aliphatic carbocycles. The highest BCUT2D eigenvalue weighted by molar-refractivity contribution is 9.10. The zero-order chi connectivity index (χ0) is 13.1. The molecule has 0 saturated heterocycles. The first kappa shape index (κ1) is 14.7. The largest absolute Gasteiger partial charge is 0.346 e. The number of nitrogens with one attached hydrogen (secondary N) is 1. The van der Waals surface area contributed by atoms with E-state index in [4.69, 9.17) is 0 Å². The van der Waals surface area contributed by atoms with Crippen molar-refractivity contribution in [2.45, 2.75) is 52.5 Å². The lowest BCUT2D eigenvalue weighted by Crippen LogP contribution is -2.42. The molecule has 1 aromatic heterocycles. The topological polar surface area (TPSA) is 29.1 Å². The molecule has 2 nitrogen and oxygen atoms in total. The van der Waals surface area contributed by atoms with Crippen LogP contribution in [0.4, 0.5) is 0 Å². The molecule has 1 amide bonds. The summed E-state index contributed by atoms with van der Waals surface area (Å²) in [6, 6.07) is 1.93. The Kier molecular flexibility index (Phi) is 5.20. The number of thiophene rings is 1. The highest BCUT2D eigenvalue weighted by atomic mass is 79.9. The summed E-state index contributed by atoms with van der Waals surface area (Å²) in [4.78, 5) is 14.1. The molecule has 0 fully saturated rings. The molecular weight excluding hydrogens is 298 g/mol. The van der Waals surface area contributed by atoms with E-state index in [9.17, 15) is 4.79 Å². The van der Waals surface area contributed by atoms with Crippen LogP contribution in [0.15, 0.2) is 10.5 Å². The van der Waals surface area contributed by atoms with Crippen molar-refractivity contribution in [3.63, 3.8) is 0 Å². The third-order valence-electron chi connectivity index (χ3n) is 2.79. The van der Waals surface area contributed by atoms with Crippen molar-refractivity contribution in [2.75, 3.05) is 0 Å². The average molecular weight is 318 g/mol. The average Bonchev–Trinajstić information content (AvgIpc) is 2.61. The van der Waals surface area contributed by atoms with Crippen LogP contribution in [0, 0.1) is 0 Å². The van der Waals surface area contributed by atoms with E-state index < -0.39 is 0 Å². The molecule has 0 spiro atoms. The smallest absolute Gasteiger partial charge is 0.261 e. The Balaban J connectivity index is 2.79. The molecule has 1 aromatic rings. The Morgan fingerprint density at radius 3 is 2.65 bits per heavy atom. The van der Waals surface area contributed by atoms with Gasteiger partial charge in [-0.05, 0) is 48.7 Å². The number of rotatable bonds is 5. The molecule has 1 heterocycles. The van der Waals surface area contributed by atoms with Gasteiger partial charge in [-0.15, -0.1) is 11.3 Å². The van der Waals surface area contributed by atoms with Crippen LogP contribution in [0.2, 0.25) is 0 Å². The molecule has 0 radical (unpaired) electrons. The van der Waals surface area contributed by atoms with Gasteiger partial charge in [0.15, 0.2) is 0 Å². The number of aryl methyl sites for hydroxylation is 1. The summed E-state index contributed by atoms with van der Waals surface area (Å²) in [6.07, 6.45) is 3.05. The van der Waals surface area contributed by atoms with Crippen LogP contribution in [0.25, 0.3) is 0 Å². The normalized spacial score (nSPS) is 11.6. The molecule has 0 aliphatic heterocycles. The van der Waals surface area contributed by atoms with Crippen molar-refractivity contribution in [2.24, 2.45) is 0 Å². The van der Waals surface area contributed by atoms with Crippen molar-refractivity contribution in [1.29, 1.82) is 0 Å². The maximum absolute atomic E-state index is 12.1. The van der Waals surface area contributed by atoms with Crippen LogP contribution >= 0.6 is 27.3 Å². The van der Waals surface area contributed by atoms with Gasteiger partial charge in [0.1, 0.15) is 0 Å². The second-order valence-electron chi connectivity index (χ2n) is 4.82. The summed E-state index contributed by atoms with van der Waals surface area (Å²) in [5.74, 6) is 0.0323. The zero-order valence-electron chi connectivity index (χ0n) is 10.9. The highest BCUT2D eigenvalue weighted by Gasteiger charge is 2.20. The number of carbonyl (C=O) groups excluding carboxylic acids is 1. The summed E-state index contributed by atoms with van der Waals surface area (Å²) >= 11 is 5.10. The minimum absolute atomic E-state index is 0.0323. The van der Waals surface area contributed by atoms with E-state index in [0.29, 0.717) is 0 Å². The lowest BCUT2D eigenvalue weighted by Gasteiger charge is -2.23. The number of amides is 1. The molecule has 1 N–H and O–H groups in total. The van der Waals surface area contributed by atoms with Gasteiger partial charge in [-0.2, -0.15) is 0 Å². The molecular formula is C13H20BrNOS. The molecule has 4 heteroatoms. The van der Waals surface area contributed by atoms with Gasteiger partial charge in [-0.3, -0.25) is 4.79 Å². The molecule has 1 rings (SSSR count). The molecule has 0 unspecified atom stereocenters. The minimum Gasteiger partial charge on any atom is -0.346 e. The molecule has 0 aromatic carbocycles. The van der Waals surface area contributed by atoms with Crippen molar-refractivity contribution in [3.8, 4) is 0 Å².